The Kier molecular flexibility index (Phi) is 3.61. The molecule has 0 bridgehead atoms. The Morgan fingerprint density at radius 2 is 1.50 bits per heavy atom. The van der Waals surface area contributed by atoms with Gasteiger partial charge in [-0.05, 0) is 24.5 Å². The number of aryl methyl sites for hydroxylation is 1. The van der Waals surface area contributed by atoms with E-state index in [9.17, 15) is 0 Å². The molecule has 0 atom stereocenters. The van der Waals surface area contributed by atoms with Crippen LogP contribution in [-0.4, -0.2) is 9.78 Å². The molecule has 0 N–H and O–H groups in total. The first kappa shape index (κ1) is 14.6. The second-order valence-electron chi connectivity index (χ2n) is 6.79. The third-order valence-electron chi connectivity index (χ3n) is 3.87. The van der Waals surface area contributed by atoms with Gasteiger partial charge in [0, 0.05) is 17.3 Å². The van der Waals surface area contributed by atoms with E-state index in [0.29, 0.717) is 0 Å². The minimum atomic E-state index is 0.0489. The molecule has 0 unspecified atom stereocenters. The fourth-order valence-electron chi connectivity index (χ4n) is 2.56. The molecule has 0 amide bonds. The minimum absolute atomic E-state index is 0.0489. The maximum Gasteiger partial charge on any atom is 0.0964 e. The summed E-state index contributed by atoms with van der Waals surface area (Å²) in [6.45, 7) is 8.81. The monoisotopic (exact) mass is 290 g/mol. The molecule has 3 aromatic rings. The molecule has 2 heteroatoms. The molecular formula is C20H22N2. The first-order valence-electron chi connectivity index (χ1n) is 7.68. The molecule has 0 aliphatic heterocycles. The lowest BCUT2D eigenvalue weighted by Crippen LogP contribution is -2.11. The predicted octanol–water partition coefficient (Wildman–Crippen LogP) is 5.15. The Bertz CT molecular complexity index is 760. The van der Waals surface area contributed by atoms with Gasteiger partial charge in [0.25, 0.3) is 0 Å². The van der Waals surface area contributed by atoms with Gasteiger partial charge in [-0.1, -0.05) is 68.8 Å². The minimum Gasteiger partial charge on any atom is -0.240 e. The quantitative estimate of drug-likeness (QED) is 0.638. The standard InChI is InChI=1S/C20H22N2/c1-15-10-12-16(13-11-15)19-18(20(2,3)4)14-22(21-19)17-8-6-5-7-9-17/h5-14H,1-4H3. The predicted molar refractivity (Wildman–Crippen MR) is 92.4 cm³/mol. The van der Waals surface area contributed by atoms with Crippen LogP contribution in [0.25, 0.3) is 16.9 Å². The highest BCUT2D eigenvalue weighted by Crippen LogP contribution is 2.33. The van der Waals surface area contributed by atoms with Gasteiger partial charge in [0.05, 0.1) is 11.4 Å². The van der Waals surface area contributed by atoms with Crippen LogP contribution in [0.5, 0.6) is 0 Å². The second kappa shape index (κ2) is 5.45. The molecule has 0 saturated carbocycles. The summed E-state index contributed by atoms with van der Waals surface area (Å²) in [4.78, 5) is 0. The van der Waals surface area contributed by atoms with E-state index in [1.54, 1.807) is 0 Å². The van der Waals surface area contributed by atoms with Crippen molar-refractivity contribution >= 4 is 0 Å². The maximum absolute atomic E-state index is 4.86. The lowest BCUT2D eigenvalue weighted by Gasteiger charge is -2.18. The van der Waals surface area contributed by atoms with Gasteiger partial charge in [0.15, 0.2) is 0 Å². The van der Waals surface area contributed by atoms with Crippen LogP contribution < -0.4 is 0 Å². The van der Waals surface area contributed by atoms with Crippen molar-refractivity contribution in [2.45, 2.75) is 33.1 Å². The fraction of sp³-hybridized carbons (Fsp3) is 0.250. The first-order chi connectivity index (χ1) is 10.4. The molecule has 2 nitrogen and oxygen atoms in total. The zero-order valence-corrected chi connectivity index (χ0v) is 13.7. The molecule has 112 valence electrons. The number of hydrogen-bond donors (Lipinski definition) is 0. The van der Waals surface area contributed by atoms with Crippen molar-refractivity contribution < 1.29 is 0 Å². The van der Waals surface area contributed by atoms with Gasteiger partial charge in [0.1, 0.15) is 0 Å². The summed E-state index contributed by atoms with van der Waals surface area (Å²) in [6.07, 6.45) is 2.16. The van der Waals surface area contributed by atoms with Crippen LogP contribution in [0.3, 0.4) is 0 Å². The van der Waals surface area contributed by atoms with Crippen molar-refractivity contribution in [1.82, 2.24) is 9.78 Å². The van der Waals surface area contributed by atoms with Gasteiger partial charge in [0.2, 0.25) is 0 Å². The van der Waals surface area contributed by atoms with Crippen molar-refractivity contribution in [3.8, 4) is 16.9 Å². The lowest BCUT2D eigenvalue weighted by atomic mass is 9.86. The van der Waals surface area contributed by atoms with E-state index in [1.807, 2.05) is 22.9 Å². The lowest BCUT2D eigenvalue weighted by molar-refractivity contribution is 0.591. The number of benzene rings is 2. The normalized spacial score (nSPS) is 11.6. The summed E-state index contributed by atoms with van der Waals surface area (Å²) in [5, 5.41) is 4.86. The van der Waals surface area contributed by atoms with E-state index in [-0.39, 0.29) is 5.41 Å². The van der Waals surface area contributed by atoms with Crippen molar-refractivity contribution in [1.29, 1.82) is 0 Å². The van der Waals surface area contributed by atoms with Crippen LogP contribution >= 0.6 is 0 Å². The Hall–Kier alpha value is -2.35. The third-order valence-corrected chi connectivity index (χ3v) is 3.87. The number of rotatable bonds is 2. The fourth-order valence-corrected chi connectivity index (χ4v) is 2.56. The number of aromatic nitrogens is 2. The Morgan fingerprint density at radius 1 is 0.864 bits per heavy atom. The molecule has 0 radical (unpaired) electrons. The largest absolute Gasteiger partial charge is 0.240 e. The van der Waals surface area contributed by atoms with Crippen LogP contribution in [0, 0.1) is 6.92 Å². The molecule has 22 heavy (non-hydrogen) atoms. The highest BCUT2D eigenvalue weighted by Gasteiger charge is 2.23. The zero-order valence-electron chi connectivity index (χ0n) is 13.7. The summed E-state index contributed by atoms with van der Waals surface area (Å²) < 4.78 is 1.98. The summed E-state index contributed by atoms with van der Waals surface area (Å²) in [6, 6.07) is 18.9. The number of nitrogens with zero attached hydrogens (tertiary/aromatic N) is 2. The highest BCUT2D eigenvalue weighted by molar-refractivity contribution is 5.65. The topological polar surface area (TPSA) is 17.8 Å². The average molecular weight is 290 g/mol. The Labute approximate surface area is 132 Å². The summed E-state index contributed by atoms with van der Waals surface area (Å²) in [5.74, 6) is 0. The van der Waals surface area contributed by atoms with Crippen LogP contribution in [0.15, 0.2) is 60.8 Å². The van der Waals surface area contributed by atoms with E-state index in [4.69, 9.17) is 5.10 Å². The molecule has 0 aliphatic carbocycles. The van der Waals surface area contributed by atoms with E-state index < -0.39 is 0 Å². The third kappa shape index (κ3) is 2.82. The van der Waals surface area contributed by atoms with Gasteiger partial charge in [-0.15, -0.1) is 0 Å². The molecule has 3 rings (SSSR count). The molecular weight excluding hydrogens is 268 g/mol. The zero-order chi connectivity index (χ0) is 15.7. The molecule has 0 aliphatic rings. The average Bonchev–Trinajstić information content (AvgIpc) is 2.94. The number of para-hydroxylation sites is 1. The summed E-state index contributed by atoms with van der Waals surface area (Å²) in [5.41, 5.74) is 5.91. The van der Waals surface area contributed by atoms with E-state index in [2.05, 4.69) is 70.3 Å². The molecule has 0 spiro atoms. The van der Waals surface area contributed by atoms with Crippen LogP contribution in [0.4, 0.5) is 0 Å². The molecule has 0 saturated heterocycles. The van der Waals surface area contributed by atoms with Gasteiger partial charge in [-0.2, -0.15) is 5.10 Å². The highest BCUT2D eigenvalue weighted by atomic mass is 15.3. The van der Waals surface area contributed by atoms with Crippen molar-refractivity contribution in [2.75, 3.05) is 0 Å². The van der Waals surface area contributed by atoms with Crippen LogP contribution in [0.2, 0.25) is 0 Å². The van der Waals surface area contributed by atoms with Crippen molar-refractivity contribution in [3.05, 3.63) is 71.9 Å². The number of hydrogen-bond acceptors (Lipinski definition) is 1. The van der Waals surface area contributed by atoms with Crippen LogP contribution in [-0.2, 0) is 5.41 Å². The first-order valence-corrected chi connectivity index (χ1v) is 7.68. The van der Waals surface area contributed by atoms with Crippen molar-refractivity contribution in [2.24, 2.45) is 0 Å². The van der Waals surface area contributed by atoms with E-state index in [1.165, 1.54) is 16.7 Å². The molecule has 1 heterocycles. The van der Waals surface area contributed by atoms with E-state index in [0.717, 1.165) is 11.4 Å². The molecule has 1 aromatic heterocycles. The van der Waals surface area contributed by atoms with Gasteiger partial charge >= 0.3 is 0 Å². The van der Waals surface area contributed by atoms with Crippen LogP contribution in [0.1, 0.15) is 31.9 Å². The Morgan fingerprint density at radius 3 is 2.09 bits per heavy atom. The summed E-state index contributed by atoms with van der Waals surface area (Å²) in [7, 11) is 0. The second-order valence-corrected chi connectivity index (χ2v) is 6.79. The maximum atomic E-state index is 4.86. The smallest absolute Gasteiger partial charge is 0.0964 e. The summed E-state index contributed by atoms with van der Waals surface area (Å²) >= 11 is 0. The van der Waals surface area contributed by atoms with Gasteiger partial charge in [-0.3, -0.25) is 0 Å². The van der Waals surface area contributed by atoms with E-state index >= 15 is 0 Å². The SMILES string of the molecule is Cc1ccc(-c2nn(-c3ccccc3)cc2C(C)(C)C)cc1. The Balaban J connectivity index is 2.16. The van der Waals surface area contributed by atoms with Gasteiger partial charge < -0.3 is 0 Å². The van der Waals surface area contributed by atoms with Crippen molar-refractivity contribution in [3.63, 3.8) is 0 Å². The van der Waals surface area contributed by atoms with Gasteiger partial charge in [-0.25, -0.2) is 4.68 Å². The molecule has 0 fully saturated rings. The molecule has 2 aromatic carbocycles.